The summed E-state index contributed by atoms with van der Waals surface area (Å²) in [5, 5.41) is 0. The van der Waals surface area contributed by atoms with Crippen LogP contribution in [0.25, 0.3) is 6.08 Å². The van der Waals surface area contributed by atoms with Crippen molar-refractivity contribution in [2.45, 2.75) is 58.8 Å². The minimum Gasteiger partial charge on any atom is -0.298 e. The predicted octanol–water partition coefficient (Wildman–Crippen LogP) is 5.75. The zero-order chi connectivity index (χ0) is 17.3. The van der Waals surface area contributed by atoms with Gasteiger partial charge in [-0.2, -0.15) is 0 Å². The summed E-state index contributed by atoms with van der Waals surface area (Å²) >= 11 is 0. The van der Waals surface area contributed by atoms with E-state index in [1.54, 1.807) is 0 Å². The molecule has 0 fully saturated rings. The van der Waals surface area contributed by atoms with Gasteiger partial charge >= 0.3 is 0 Å². The normalized spacial score (nSPS) is 15.7. The largest absolute Gasteiger partial charge is 0.298 e. The Morgan fingerprint density at radius 2 is 1.30 bits per heavy atom. The maximum absolute atomic E-state index is 10.8. The van der Waals surface area contributed by atoms with Gasteiger partial charge in [-0.3, -0.25) is 4.79 Å². The molecule has 0 aliphatic heterocycles. The molecule has 0 spiro atoms. The van der Waals surface area contributed by atoms with E-state index >= 15 is 0 Å². The highest BCUT2D eigenvalue weighted by Gasteiger charge is 2.20. The number of aldehydes is 1. The van der Waals surface area contributed by atoms with Crippen molar-refractivity contribution in [1.82, 2.24) is 0 Å². The summed E-state index contributed by atoms with van der Waals surface area (Å²) in [7, 11) is 0. The van der Waals surface area contributed by atoms with E-state index < -0.39 is 0 Å². The molecule has 1 aromatic rings. The number of carbonyl (C=O) groups excluding carboxylic acids is 1. The third-order valence-electron chi connectivity index (χ3n) is 4.25. The molecule has 0 saturated heterocycles. The fourth-order valence-electron chi connectivity index (χ4n) is 2.58. The Labute approximate surface area is 140 Å². The van der Waals surface area contributed by atoms with Gasteiger partial charge in [0.25, 0.3) is 0 Å². The highest BCUT2D eigenvalue weighted by molar-refractivity contribution is 5.77. The van der Waals surface area contributed by atoms with Crippen LogP contribution >= 0.6 is 0 Å². The average molecular weight is 308 g/mol. The Morgan fingerprint density at radius 3 is 1.74 bits per heavy atom. The smallest absolute Gasteiger partial charge is 0.146 e. The molecule has 0 bridgehead atoms. The van der Waals surface area contributed by atoms with Gasteiger partial charge in [-0.15, -0.1) is 0 Å². The summed E-state index contributed by atoms with van der Waals surface area (Å²) < 4.78 is 0. The molecule has 0 amide bonds. The van der Waals surface area contributed by atoms with Crippen LogP contribution < -0.4 is 0 Å². The van der Waals surface area contributed by atoms with Gasteiger partial charge in [-0.25, -0.2) is 0 Å². The van der Waals surface area contributed by atoms with Crippen LogP contribution in [0.4, 0.5) is 0 Å². The number of hydrogen-bond acceptors (Lipinski definition) is 1. The summed E-state index contributed by atoms with van der Waals surface area (Å²) in [6.07, 6.45) is 9.90. The zero-order valence-electron chi connectivity index (χ0n) is 15.2. The second-order valence-electron chi connectivity index (χ2n) is 8.45. The van der Waals surface area contributed by atoms with E-state index in [9.17, 15) is 4.79 Å². The molecule has 0 saturated carbocycles. The van der Waals surface area contributed by atoms with Crippen LogP contribution in [0.5, 0.6) is 0 Å². The van der Waals surface area contributed by atoms with Gasteiger partial charge < -0.3 is 0 Å². The van der Waals surface area contributed by atoms with Crippen LogP contribution in [0.1, 0.15) is 64.7 Å². The van der Waals surface area contributed by atoms with Crippen molar-refractivity contribution in [3.8, 4) is 0 Å². The van der Waals surface area contributed by atoms with Gasteiger partial charge in [0.1, 0.15) is 6.29 Å². The quantitative estimate of drug-likeness (QED) is 0.650. The van der Waals surface area contributed by atoms with Gasteiger partial charge in [0.05, 0.1) is 0 Å². The first-order valence-electron chi connectivity index (χ1n) is 8.28. The fraction of sp³-hybridized carbons (Fsp3) is 0.409. The van der Waals surface area contributed by atoms with Crippen molar-refractivity contribution in [1.29, 1.82) is 0 Å². The SMILES string of the molecule is CC(C)(C)c1cc(/C=C/C2=CC=C(C=O)C2)cc(C(C)(C)C)c1. The first kappa shape index (κ1) is 17.5. The van der Waals surface area contributed by atoms with E-state index in [-0.39, 0.29) is 10.8 Å². The molecule has 122 valence electrons. The van der Waals surface area contributed by atoms with Crippen molar-refractivity contribution in [2.24, 2.45) is 0 Å². The number of benzene rings is 1. The third kappa shape index (κ3) is 4.54. The number of rotatable bonds is 3. The summed E-state index contributed by atoms with van der Waals surface area (Å²) in [5.74, 6) is 0. The van der Waals surface area contributed by atoms with Crippen molar-refractivity contribution in [2.75, 3.05) is 0 Å². The van der Waals surface area contributed by atoms with Crippen molar-refractivity contribution in [3.05, 3.63) is 64.3 Å². The maximum atomic E-state index is 10.8. The molecule has 0 aromatic heterocycles. The number of carbonyl (C=O) groups is 1. The molecule has 0 heterocycles. The fourth-order valence-corrected chi connectivity index (χ4v) is 2.58. The summed E-state index contributed by atoms with van der Waals surface area (Å²) in [5.41, 5.74) is 6.23. The van der Waals surface area contributed by atoms with Crippen LogP contribution in [-0.4, -0.2) is 6.29 Å². The van der Waals surface area contributed by atoms with E-state index in [1.807, 2.05) is 12.2 Å². The molecule has 2 rings (SSSR count). The first-order chi connectivity index (χ1) is 10.6. The molecule has 0 N–H and O–H groups in total. The lowest BCUT2D eigenvalue weighted by Gasteiger charge is -2.25. The molecule has 0 atom stereocenters. The topological polar surface area (TPSA) is 17.1 Å². The maximum Gasteiger partial charge on any atom is 0.146 e. The lowest BCUT2D eigenvalue weighted by Crippen LogP contribution is -2.16. The zero-order valence-corrected chi connectivity index (χ0v) is 15.2. The molecular weight excluding hydrogens is 280 g/mol. The minimum absolute atomic E-state index is 0.128. The standard InChI is InChI=1S/C22H28O/c1-21(2,3)19-12-17(13-20(14-19)22(4,5)6)9-7-16-8-10-18(11-16)15-23/h7-10,12-15H,11H2,1-6H3/b9-7+. The molecule has 0 radical (unpaired) electrons. The molecule has 1 aromatic carbocycles. The molecule has 1 aliphatic rings. The lowest BCUT2D eigenvalue weighted by atomic mass is 9.79. The number of allylic oxidation sites excluding steroid dienone is 5. The van der Waals surface area contributed by atoms with Crippen molar-refractivity contribution < 1.29 is 4.79 Å². The molecule has 1 nitrogen and oxygen atoms in total. The molecule has 1 aliphatic carbocycles. The van der Waals surface area contributed by atoms with Crippen LogP contribution in [-0.2, 0) is 15.6 Å². The molecule has 1 heteroatoms. The van der Waals surface area contributed by atoms with Crippen LogP contribution in [0, 0.1) is 0 Å². The molecule has 23 heavy (non-hydrogen) atoms. The minimum atomic E-state index is 0.128. The average Bonchev–Trinajstić information content (AvgIpc) is 2.91. The van der Waals surface area contributed by atoms with E-state index in [4.69, 9.17) is 0 Å². The Kier molecular flexibility index (Phi) is 4.79. The monoisotopic (exact) mass is 308 g/mol. The Bertz CT molecular complexity index is 653. The Hall–Kier alpha value is -1.89. The highest BCUT2D eigenvalue weighted by atomic mass is 16.1. The van der Waals surface area contributed by atoms with Crippen molar-refractivity contribution in [3.63, 3.8) is 0 Å². The van der Waals surface area contributed by atoms with E-state index in [0.29, 0.717) is 0 Å². The summed E-state index contributed by atoms with van der Waals surface area (Å²) in [6.45, 7) is 13.5. The van der Waals surface area contributed by atoms with E-state index in [0.717, 1.165) is 18.3 Å². The predicted molar refractivity (Wildman–Crippen MR) is 99.7 cm³/mol. The van der Waals surface area contributed by atoms with E-state index in [2.05, 4.69) is 71.9 Å². The first-order valence-corrected chi connectivity index (χ1v) is 8.28. The second-order valence-corrected chi connectivity index (χ2v) is 8.45. The van der Waals surface area contributed by atoms with Gasteiger partial charge in [0.2, 0.25) is 0 Å². The van der Waals surface area contributed by atoms with Crippen LogP contribution in [0.15, 0.2) is 47.6 Å². The summed E-state index contributed by atoms with van der Waals surface area (Å²) in [4.78, 5) is 10.8. The number of hydrogen-bond donors (Lipinski definition) is 0. The van der Waals surface area contributed by atoms with Gasteiger partial charge in [-0.1, -0.05) is 84.0 Å². The van der Waals surface area contributed by atoms with Crippen LogP contribution in [0.3, 0.4) is 0 Å². The lowest BCUT2D eigenvalue weighted by molar-refractivity contribution is -0.104. The molecular formula is C22H28O. The van der Waals surface area contributed by atoms with Crippen LogP contribution in [0.2, 0.25) is 0 Å². The van der Waals surface area contributed by atoms with E-state index in [1.165, 1.54) is 22.3 Å². The van der Waals surface area contributed by atoms with Gasteiger partial charge in [-0.05, 0) is 38.7 Å². The second kappa shape index (κ2) is 6.31. The molecule has 0 unspecified atom stereocenters. The van der Waals surface area contributed by atoms with Crippen molar-refractivity contribution >= 4 is 12.4 Å². The van der Waals surface area contributed by atoms with Gasteiger partial charge in [0.15, 0.2) is 0 Å². The third-order valence-corrected chi connectivity index (χ3v) is 4.25. The van der Waals surface area contributed by atoms with Gasteiger partial charge in [0, 0.05) is 6.42 Å². The Balaban J connectivity index is 2.33. The highest BCUT2D eigenvalue weighted by Crippen LogP contribution is 2.31. The Morgan fingerprint density at radius 1 is 0.783 bits per heavy atom. The summed E-state index contributed by atoms with van der Waals surface area (Å²) in [6, 6.07) is 6.88.